The highest BCUT2D eigenvalue weighted by Crippen LogP contribution is 2.39. The first kappa shape index (κ1) is 33.1. The number of anilines is 2. The second kappa shape index (κ2) is 13.4. The molecule has 0 unspecified atom stereocenters. The maximum absolute atomic E-state index is 13.1. The number of benzene rings is 2. The molecule has 0 radical (unpaired) electrons. The number of piperidine rings is 1. The Balaban J connectivity index is 1.25. The lowest BCUT2D eigenvalue weighted by molar-refractivity contribution is 0.0206. The van der Waals surface area contributed by atoms with Crippen LogP contribution in [-0.4, -0.2) is 63.5 Å². The van der Waals surface area contributed by atoms with Crippen LogP contribution in [0.25, 0.3) is 22.0 Å². The Hall–Kier alpha value is -4.82. The normalized spacial score (nSPS) is 15.3. The maximum atomic E-state index is 13.1. The second-order valence-corrected chi connectivity index (χ2v) is 15.4. The van der Waals surface area contributed by atoms with E-state index >= 15 is 0 Å². The van der Waals surface area contributed by atoms with E-state index in [0.717, 1.165) is 29.9 Å². The third-order valence-electron chi connectivity index (χ3n) is 7.63. The first-order valence-corrected chi connectivity index (χ1v) is 17.8. The summed E-state index contributed by atoms with van der Waals surface area (Å²) >= 11 is 0.932. The van der Waals surface area contributed by atoms with E-state index in [1.165, 1.54) is 0 Å². The van der Waals surface area contributed by atoms with E-state index in [2.05, 4.69) is 24.4 Å². The van der Waals surface area contributed by atoms with Crippen LogP contribution in [-0.2, 0) is 14.8 Å². The van der Waals surface area contributed by atoms with Gasteiger partial charge in [0.1, 0.15) is 11.4 Å². The van der Waals surface area contributed by atoms with Crippen molar-refractivity contribution in [2.75, 3.05) is 23.1 Å². The number of aryl methyl sites for hydroxylation is 2. The van der Waals surface area contributed by atoms with Gasteiger partial charge in [0.05, 0.1) is 22.6 Å². The van der Waals surface area contributed by atoms with Crippen LogP contribution in [0.15, 0.2) is 71.2 Å². The summed E-state index contributed by atoms with van der Waals surface area (Å²) in [5.74, 6) is 1.30. The van der Waals surface area contributed by atoms with Gasteiger partial charge in [-0.1, -0.05) is 24.3 Å². The van der Waals surface area contributed by atoms with E-state index in [0.29, 0.717) is 64.1 Å². The fraction of sp³-hybridized carbons (Fsp3) is 0.324. The average Bonchev–Trinajstić information content (AvgIpc) is 3.49. The number of aromatic nitrogens is 4. The molecule has 0 aliphatic carbocycles. The quantitative estimate of drug-likeness (QED) is 0.172. The number of nitrogens with zero attached hydrogens (tertiary/aromatic N) is 5. The predicted octanol–water partition coefficient (Wildman–Crippen LogP) is 7.17. The summed E-state index contributed by atoms with van der Waals surface area (Å²) in [6.07, 6.45) is 4.67. The van der Waals surface area contributed by atoms with E-state index in [-0.39, 0.29) is 16.3 Å². The number of rotatable bonds is 8. The number of amides is 1. The van der Waals surface area contributed by atoms with E-state index in [9.17, 15) is 13.2 Å². The van der Waals surface area contributed by atoms with Crippen molar-refractivity contribution < 1.29 is 22.7 Å². The zero-order valence-corrected chi connectivity index (χ0v) is 29.0. The Morgan fingerprint density at radius 2 is 1.85 bits per heavy atom. The summed E-state index contributed by atoms with van der Waals surface area (Å²) in [7, 11) is -3.83. The van der Waals surface area contributed by atoms with Crippen LogP contribution in [0.4, 0.5) is 16.4 Å². The summed E-state index contributed by atoms with van der Waals surface area (Å²) < 4.78 is 45.3. The molecule has 2 N–H and O–H groups in total. The van der Waals surface area contributed by atoms with E-state index in [1.54, 1.807) is 54.5 Å². The molecule has 0 bridgehead atoms. The van der Waals surface area contributed by atoms with E-state index < -0.39 is 15.6 Å². The minimum Gasteiger partial charge on any atom is -0.444 e. The molecule has 0 spiro atoms. The third-order valence-corrected chi connectivity index (χ3v) is 10.3. The molecule has 2 aromatic carbocycles. The third kappa shape index (κ3) is 7.50. The number of carbonyl (C=O) groups excluding carboxylic acids is 1. The molecule has 0 saturated carbocycles. The number of likely N-dealkylation sites (tertiary alicyclic amines) is 1. The number of fused-ring (bicyclic) bond motifs is 1. The van der Waals surface area contributed by atoms with Crippen molar-refractivity contribution in [1.29, 1.82) is 0 Å². The molecule has 3 aromatic heterocycles. The number of sulfonamides is 1. The monoisotopic (exact) mass is 687 g/mol. The van der Waals surface area contributed by atoms with Gasteiger partial charge in [0, 0.05) is 42.3 Å². The van der Waals surface area contributed by atoms with Crippen molar-refractivity contribution in [2.24, 2.45) is 0 Å². The Kier molecular flexibility index (Phi) is 9.21. The molecule has 1 aliphatic rings. The molecular weight excluding hydrogens is 651 g/mol. The fourth-order valence-corrected chi connectivity index (χ4v) is 7.47. The molecule has 1 fully saturated rings. The van der Waals surface area contributed by atoms with Gasteiger partial charge in [0.2, 0.25) is 11.8 Å². The molecule has 6 rings (SSSR count). The van der Waals surface area contributed by atoms with Gasteiger partial charge in [0.25, 0.3) is 10.0 Å². The largest absolute Gasteiger partial charge is 0.444 e. The molecular formula is C34H37N7O5S2. The molecule has 4 heterocycles. The average molecular weight is 688 g/mol. The summed E-state index contributed by atoms with van der Waals surface area (Å²) in [5, 5.41) is 4.77. The Morgan fingerprint density at radius 1 is 1.02 bits per heavy atom. The Bertz CT molecular complexity index is 2080. The summed E-state index contributed by atoms with van der Waals surface area (Å²) in [4.78, 5) is 28.2. The van der Waals surface area contributed by atoms with Gasteiger partial charge in [-0.25, -0.2) is 28.2 Å². The van der Waals surface area contributed by atoms with Gasteiger partial charge >= 0.3 is 6.09 Å². The number of hydrogen-bond donors (Lipinski definition) is 2. The summed E-state index contributed by atoms with van der Waals surface area (Å²) in [6, 6.07) is 16.1. The highest BCUT2D eigenvalue weighted by Gasteiger charge is 2.28. The predicted molar refractivity (Wildman–Crippen MR) is 186 cm³/mol. The maximum Gasteiger partial charge on any atom is 0.410 e. The Labute approximate surface area is 283 Å². The van der Waals surface area contributed by atoms with Crippen molar-refractivity contribution in [3.05, 3.63) is 78.2 Å². The molecule has 1 aliphatic heterocycles. The lowest BCUT2D eigenvalue weighted by Crippen LogP contribution is -2.47. The van der Waals surface area contributed by atoms with Crippen molar-refractivity contribution in [1.82, 2.24) is 24.2 Å². The van der Waals surface area contributed by atoms with Crippen LogP contribution in [0, 0.1) is 13.8 Å². The zero-order chi connectivity index (χ0) is 34.1. The Morgan fingerprint density at radius 3 is 2.62 bits per heavy atom. The van der Waals surface area contributed by atoms with Crippen molar-refractivity contribution in [3.63, 3.8) is 0 Å². The molecule has 12 nitrogen and oxygen atoms in total. The standard InChI is InChI=1S/C34H37N7O5S2/c1-21-13-14-24-25(10-6-12-28(24)40-48(43,44)29-19-22(2)39-47-29)30(21)45-31-26(11-7-16-35-31)27-15-17-36-32(38-27)37-23-9-8-18-41(20-23)33(42)46-34(3,4)5/h6-7,10-17,19,23,40H,8-9,18,20H2,1-5H3,(H,36,37,38)/t23-/m0/s1. The minimum absolute atomic E-state index is 0.0452. The van der Waals surface area contributed by atoms with Crippen molar-refractivity contribution >= 4 is 50.1 Å². The lowest BCUT2D eigenvalue weighted by Gasteiger charge is -2.34. The highest BCUT2D eigenvalue weighted by atomic mass is 32.2. The van der Waals surface area contributed by atoms with Gasteiger partial charge in [-0.05, 0) is 94.9 Å². The van der Waals surface area contributed by atoms with Gasteiger partial charge in [-0.15, -0.1) is 0 Å². The first-order valence-electron chi connectivity index (χ1n) is 15.6. The molecule has 1 saturated heterocycles. The van der Waals surface area contributed by atoms with Crippen molar-refractivity contribution in [2.45, 2.75) is 63.3 Å². The highest BCUT2D eigenvalue weighted by molar-refractivity contribution is 7.94. The number of carbonyl (C=O) groups is 1. The lowest BCUT2D eigenvalue weighted by atomic mass is 10.0. The van der Waals surface area contributed by atoms with Crippen LogP contribution in [0.5, 0.6) is 11.6 Å². The molecule has 250 valence electrons. The van der Waals surface area contributed by atoms with Crippen LogP contribution >= 0.6 is 11.5 Å². The molecule has 14 heteroatoms. The molecule has 5 aromatic rings. The number of ether oxygens (including phenoxy) is 2. The summed E-state index contributed by atoms with van der Waals surface area (Å²) in [6.45, 7) is 10.4. The molecule has 1 atom stereocenters. The molecule has 48 heavy (non-hydrogen) atoms. The van der Waals surface area contributed by atoms with Gasteiger partial charge < -0.3 is 19.7 Å². The van der Waals surface area contributed by atoms with Crippen LogP contribution in [0.2, 0.25) is 0 Å². The van der Waals surface area contributed by atoms with Crippen LogP contribution < -0.4 is 14.8 Å². The summed E-state index contributed by atoms with van der Waals surface area (Å²) in [5.41, 5.74) is 2.58. The topological polar surface area (TPSA) is 149 Å². The zero-order valence-electron chi connectivity index (χ0n) is 27.4. The van der Waals surface area contributed by atoms with Gasteiger partial charge in [0.15, 0.2) is 4.21 Å². The number of pyridine rings is 1. The fourth-order valence-electron chi connectivity index (χ4n) is 5.44. The van der Waals surface area contributed by atoms with E-state index in [4.69, 9.17) is 14.5 Å². The number of hydrogen-bond acceptors (Lipinski definition) is 11. The first-order chi connectivity index (χ1) is 22.9. The minimum atomic E-state index is -3.83. The second-order valence-electron chi connectivity index (χ2n) is 12.6. The molecule has 1 amide bonds. The number of nitrogens with one attached hydrogen (secondary N) is 2. The van der Waals surface area contributed by atoms with Crippen LogP contribution in [0.3, 0.4) is 0 Å². The van der Waals surface area contributed by atoms with Gasteiger partial charge in [-0.3, -0.25) is 4.72 Å². The van der Waals surface area contributed by atoms with E-state index in [1.807, 2.05) is 52.0 Å². The smallest absolute Gasteiger partial charge is 0.410 e. The van der Waals surface area contributed by atoms with Gasteiger partial charge in [-0.2, -0.15) is 4.37 Å². The van der Waals surface area contributed by atoms with Crippen molar-refractivity contribution in [3.8, 4) is 22.9 Å². The SMILES string of the molecule is Cc1cc(S(=O)(=O)Nc2cccc3c(Oc4ncccc4-c4ccnc(N[C@H]5CCCN(C(=O)OC(C)(C)C)C5)n4)c(C)ccc23)sn1. The van der Waals surface area contributed by atoms with Crippen LogP contribution in [0.1, 0.15) is 44.9 Å².